The quantitative estimate of drug-likeness (QED) is 0.681. The number of nitrogens with zero attached hydrogens (tertiary/aromatic N) is 2. The Labute approximate surface area is 141 Å². The van der Waals surface area contributed by atoms with Crippen LogP contribution in [0.15, 0.2) is 28.9 Å². The molecule has 0 saturated carbocycles. The fraction of sp³-hybridized carbons (Fsp3) is 0.312. The zero-order valence-electron chi connectivity index (χ0n) is 12.1. The lowest BCUT2D eigenvalue weighted by atomic mass is 10.2. The van der Waals surface area contributed by atoms with Crippen molar-refractivity contribution in [1.29, 1.82) is 5.26 Å². The second-order valence-corrected chi connectivity index (χ2v) is 6.78. The van der Waals surface area contributed by atoms with Crippen molar-refractivity contribution in [3.8, 4) is 11.8 Å². The number of rotatable bonds is 7. The van der Waals surface area contributed by atoms with Gasteiger partial charge in [-0.05, 0) is 37.1 Å². The summed E-state index contributed by atoms with van der Waals surface area (Å²) in [5.41, 5.74) is 1.12. The standard InChI is InChI=1S/C16H15BrN2O2S/c1-11-7-13(4-5-15(11)17)21-6-2-3-12(20)8-16-19-10-14(9-18)22-16/h4-5,7,10H,2-3,6,8H2,1H3. The highest BCUT2D eigenvalue weighted by molar-refractivity contribution is 9.10. The lowest BCUT2D eigenvalue weighted by molar-refractivity contribution is -0.118. The minimum Gasteiger partial charge on any atom is -0.494 e. The minimum absolute atomic E-state index is 0.120. The van der Waals surface area contributed by atoms with E-state index in [0.717, 1.165) is 15.8 Å². The van der Waals surface area contributed by atoms with Gasteiger partial charge in [0.05, 0.1) is 19.2 Å². The number of ketones is 1. The largest absolute Gasteiger partial charge is 0.494 e. The van der Waals surface area contributed by atoms with Gasteiger partial charge in [-0.15, -0.1) is 11.3 Å². The molecule has 0 aliphatic heterocycles. The summed E-state index contributed by atoms with van der Waals surface area (Å²) >= 11 is 4.71. The zero-order valence-corrected chi connectivity index (χ0v) is 14.5. The van der Waals surface area contributed by atoms with E-state index in [1.807, 2.05) is 31.2 Å². The monoisotopic (exact) mass is 378 g/mol. The third kappa shape index (κ3) is 4.93. The van der Waals surface area contributed by atoms with Crippen molar-refractivity contribution in [3.05, 3.63) is 44.3 Å². The summed E-state index contributed by atoms with van der Waals surface area (Å²) in [4.78, 5) is 16.4. The summed E-state index contributed by atoms with van der Waals surface area (Å²) in [7, 11) is 0. The predicted molar refractivity (Wildman–Crippen MR) is 89.1 cm³/mol. The maximum absolute atomic E-state index is 11.8. The first-order valence-corrected chi connectivity index (χ1v) is 8.45. The van der Waals surface area contributed by atoms with E-state index in [2.05, 4.69) is 20.9 Å². The Balaban J connectivity index is 1.70. The maximum atomic E-state index is 11.8. The molecular formula is C16H15BrN2O2S. The summed E-state index contributed by atoms with van der Waals surface area (Å²) in [6, 6.07) is 7.83. The molecule has 22 heavy (non-hydrogen) atoms. The Hall–Kier alpha value is -1.71. The molecule has 1 aromatic heterocycles. The van der Waals surface area contributed by atoms with Crippen molar-refractivity contribution >= 4 is 33.0 Å². The molecular weight excluding hydrogens is 364 g/mol. The molecule has 4 nitrogen and oxygen atoms in total. The smallest absolute Gasteiger partial charge is 0.139 e. The van der Waals surface area contributed by atoms with Crippen LogP contribution in [0.4, 0.5) is 0 Å². The molecule has 0 fully saturated rings. The van der Waals surface area contributed by atoms with E-state index in [9.17, 15) is 4.79 Å². The SMILES string of the molecule is Cc1cc(OCCCC(=O)Cc2ncc(C#N)s2)ccc1Br. The average molecular weight is 379 g/mol. The van der Waals surface area contributed by atoms with Crippen LogP contribution in [0.2, 0.25) is 0 Å². The van der Waals surface area contributed by atoms with Crippen LogP contribution in [0, 0.1) is 18.3 Å². The van der Waals surface area contributed by atoms with Crippen LogP contribution < -0.4 is 4.74 Å². The number of hydrogen-bond acceptors (Lipinski definition) is 5. The molecule has 2 aromatic rings. The van der Waals surface area contributed by atoms with Crippen LogP contribution in [0.3, 0.4) is 0 Å². The van der Waals surface area contributed by atoms with Gasteiger partial charge in [-0.25, -0.2) is 4.98 Å². The Morgan fingerprint density at radius 2 is 2.32 bits per heavy atom. The molecule has 1 aromatic carbocycles. The number of thiazole rings is 1. The lowest BCUT2D eigenvalue weighted by Gasteiger charge is -2.07. The van der Waals surface area contributed by atoms with Gasteiger partial charge in [-0.2, -0.15) is 5.26 Å². The molecule has 114 valence electrons. The fourth-order valence-electron chi connectivity index (χ4n) is 1.87. The average Bonchev–Trinajstić information content (AvgIpc) is 2.95. The number of halogens is 1. The van der Waals surface area contributed by atoms with E-state index in [1.54, 1.807) is 0 Å². The molecule has 2 rings (SSSR count). The first-order chi connectivity index (χ1) is 10.6. The highest BCUT2D eigenvalue weighted by Gasteiger charge is 2.08. The van der Waals surface area contributed by atoms with Crippen LogP contribution >= 0.6 is 27.3 Å². The summed E-state index contributed by atoms with van der Waals surface area (Å²) in [6.07, 6.45) is 2.93. The van der Waals surface area contributed by atoms with Crippen molar-refractivity contribution in [1.82, 2.24) is 4.98 Å². The fourth-order valence-corrected chi connectivity index (χ4v) is 2.86. The summed E-state index contributed by atoms with van der Waals surface area (Å²) < 4.78 is 6.69. The van der Waals surface area contributed by atoms with Crippen molar-refractivity contribution in [2.45, 2.75) is 26.2 Å². The molecule has 0 bridgehead atoms. The van der Waals surface area contributed by atoms with Gasteiger partial charge in [0.15, 0.2) is 0 Å². The van der Waals surface area contributed by atoms with Crippen molar-refractivity contribution in [3.63, 3.8) is 0 Å². The third-order valence-corrected chi connectivity index (χ3v) is 4.80. The molecule has 0 amide bonds. The van der Waals surface area contributed by atoms with Crippen molar-refractivity contribution in [2.75, 3.05) is 6.61 Å². The number of carbonyl (C=O) groups excluding carboxylic acids is 1. The second kappa shape index (κ2) is 8.06. The molecule has 0 N–H and O–H groups in total. The van der Waals surface area contributed by atoms with Crippen LogP contribution in [-0.2, 0) is 11.2 Å². The third-order valence-electron chi connectivity index (χ3n) is 3.01. The molecule has 0 aliphatic rings. The van der Waals surface area contributed by atoms with E-state index in [0.29, 0.717) is 35.8 Å². The summed E-state index contributed by atoms with van der Waals surface area (Å²) in [6.45, 7) is 2.51. The maximum Gasteiger partial charge on any atom is 0.139 e. The van der Waals surface area contributed by atoms with E-state index < -0.39 is 0 Å². The number of aryl methyl sites for hydroxylation is 1. The molecule has 0 radical (unpaired) electrons. The topological polar surface area (TPSA) is 63.0 Å². The molecule has 0 unspecified atom stereocenters. The van der Waals surface area contributed by atoms with Crippen molar-refractivity contribution in [2.24, 2.45) is 0 Å². The van der Waals surface area contributed by atoms with Crippen LogP contribution in [0.25, 0.3) is 0 Å². The van der Waals surface area contributed by atoms with E-state index >= 15 is 0 Å². The molecule has 1 heterocycles. The number of ether oxygens (including phenoxy) is 1. The van der Waals surface area contributed by atoms with Crippen LogP contribution in [-0.4, -0.2) is 17.4 Å². The van der Waals surface area contributed by atoms with Crippen LogP contribution in [0.5, 0.6) is 5.75 Å². The van der Waals surface area contributed by atoms with Gasteiger partial charge >= 0.3 is 0 Å². The van der Waals surface area contributed by atoms with E-state index in [1.165, 1.54) is 17.5 Å². The molecule has 0 aliphatic carbocycles. The first kappa shape index (κ1) is 16.7. The number of carbonyl (C=O) groups is 1. The molecule has 6 heteroatoms. The highest BCUT2D eigenvalue weighted by atomic mass is 79.9. The molecule has 0 spiro atoms. The van der Waals surface area contributed by atoms with Gasteiger partial charge in [-0.1, -0.05) is 15.9 Å². The number of hydrogen-bond donors (Lipinski definition) is 0. The van der Waals surface area contributed by atoms with Gasteiger partial charge in [0.1, 0.15) is 27.5 Å². The Morgan fingerprint density at radius 1 is 1.50 bits per heavy atom. The van der Waals surface area contributed by atoms with E-state index in [-0.39, 0.29) is 5.78 Å². The molecule has 0 saturated heterocycles. The summed E-state index contributed by atoms with van der Waals surface area (Å²) in [5.74, 6) is 0.932. The van der Waals surface area contributed by atoms with Gasteiger partial charge in [0.25, 0.3) is 0 Å². The van der Waals surface area contributed by atoms with Gasteiger partial charge in [0, 0.05) is 10.9 Å². The number of benzene rings is 1. The first-order valence-electron chi connectivity index (χ1n) is 6.84. The predicted octanol–water partition coefficient (Wildman–Crippen LogP) is 4.06. The normalized spacial score (nSPS) is 10.2. The minimum atomic E-state index is 0.120. The van der Waals surface area contributed by atoms with Crippen molar-refractivity contribution < 1.29 is 9.53 Å². The summed E-state index contributed by atoms with van der Waals surface area (Å²) in [5, 5.41) is 9.42. The van der Waals surface area contributed by atoms with Gasteiger partial charge in [-0.3, -0.25) is 4.79 Å². The zero-order chi connectivity index (χ0) is 15.9. The Bertz CT molecular complexity index is 706. The number of aromatic nitrogens is 1. The van der Waals surface area contributed by atoms with Gasteiger partial charge in [0.2, 0.25) is 0 Å². The second-order valence-electron chi connectivity index (χ2n) is 4.81. The Morgan fingerprint density at radius 3 is 3.00 bits per heavy atom. The Kier molecular flexibility index (Phi) is 6.10. The van der Waals surface area contributed by atoms with E-state index in [4.69, 9.17) is 10.00 Å². The lowest BCUT2D eigenvalue weighted by Crippen LogP contribution is -2.06. The molecule has 0 atom stereocenters. The number of Topliss-reactive ketones (excluding diaryl/α,β-unsaturated/α-hetero) is 1. The van der Waals surface area contributed by atoms with Gasteiger partial charge < -0.3 is 4.74 Å². The highest BCUT2D eigenvalue weighted by Crippen LogP contribution is 2.21. The number of nitriles is 1. The van der Waals surface area contributed by atoms with Crippen LogP contribution in [0.1, 0.15) is 28.3 Å².